The number of carbonyl (C=O) groups is 1. The third-order valence-electron chi connectivity index (χ3n) is 1.31. The first-order valence-corrected chi connectivity index (χ1v) is 3.16. The number of halogens is 2. The lowest BCUT2D eigenvalue weighted by atomic mass is 10.2. The highest BCUT2D eigenvalue weighted by Crippen LogP contribution is 2.19. The molecule has 0 bridgehead atoms. The molecule has 1 aromatic heterocycles. The SMILES string of the molecule is NC(=O)c1cccnc1C(F)F. The van der Waals surface area contributed by atoms with Crippen molar-refractivity contribution < 1.29 is 13.6 Å². The summed E-state index contributed by atoms with van der Waals surface area (Å²) in [6.07, 6.45) is -1.58. The van der Waals surface area contributed by atoms with E-state index in [1.54, 1.807) is 0 Å². The molecule has 0 aliphatic heterocycles. The van der Waals surface area contributed by atoms with Gasteiger partial charge in [0.2, 0.25) is 0 Å². The van der Waals surface area contributed by atoms with Gasteiger partial charge in [-0.2, -0.15) is 0 Å². The quantitative estimate of drug-likeness (QED) is 0.726. The van der Waals surface area contributed by atoms with Gasteiger partial charge < -0.3 is 5.73 Å². The Balaban J connectivity index is 3.17. The van der Waals surface area contributed by atoms with E-state index >= 15 is 0 Å². The molecule has 12 heavy (non-hydrogen) atoms. The number of nitrogens with zero attached hydrogens (tertiary/aromatic N) is 1. The first-order chi connectivity index (χ1) is 5.63. The Hall–Kier alpha value is -1.52. The van der Waals surface area contributed by atoms with Crippen molar-refractivity contribution in [2.45, 2.75) is 6.43 Å². The standard InChI is InChI=1S/C7H6F2N2O/c8-6(9)5-4(7(10)12)2-1-3-11-5/h1-3,6H,(H2,10,12). The molecule has 0 saturated heterocycles. The minimum absolute atomic E-state index is 0.229. The molecule has 3 nitrogen and oxygen atoms in total. The molecule has 1 aromatic rings. The van der Waals surface area contributed by atoms with Crippen LogP contribution < -0.4 is 5.73 Å². The molecule has 0 fully saturated rings. The highest BCUT2D eigenvalue weighted by Gasteiger charge is 2.16. The number of hydrogen-bond donors (Lipinski definition) is 1. The van der Waals surface area contributed by atoms with Gasteiger partial charge in [-0.1, -0.05) is 0 Å². The van der Waals surface area contributed by atoms with Crippen molar-refractivity contribution >= 4 is 5.91 Å². The van der Waals surface area contributed by atoms with E-state index in [-0.39, 0.29) is 5.56 Å². The highest BCUT2D eigenvalue weighted by atomic mass is 19.3. The monoisotopic (exact) mass is 172 g/mol. The van der Waals surface area contributed by atoms with Gasteiger partial charge in [0.15, 0.2) is 0 Å². The van der Waals surface area contributed by atoms with E-state index < -0.39 is 18.0 Å². The molecule has 0 aliphatic rings. The maximum Gasteiger partial charge on any atom is 0.281 e. The molecule has 1 rings (SSSR count). The van der Waals surface area contributed by atoms with Crippen molar-refractivity contribution in [3.63, 3.8) is 0 Å². The summed E-state index contributed by atoms with van der Waals surface area (Å²) < 4.78 is 24.2. The van der Waals surface area contributed by atoms with Crippen LogP contribution in [0, 0.1) is 0 Å². The van der Waals surface area contributed by atoms with E-state index in [1.807, 2.05) is 0 Å². The van der Waals surface area contributed by atoms with E-state index in [4.69, 9.17) is 5.73 Å². The maximum absolute atomic E-state index is 12.1. The average molecular weight is 172 g/mol. The molecular weight excluding hydrogens is 166 g/mol. The van der Waals surface area contributed by atoms with Crippen LogP contribution in [0.15, 0.2) is 18.3 Å². The van der Waals surface area contributed by atoms with Crippen LogP contribution in [0.1, 0.15) is 22.5 Å². The van der Waals surface area contributed by atoms with Gasteiger partial charge in [0, 0.05) is 6.20 Å². The number of alkyl halides is 2. The fourth-order valence-corrected chi connectivity index (χ4v) is 0.800. The molecule has 0 spiro atoms. The van der Waals surface area contributed by atoms with Crippen molar-refractivity contribution in [2.24, 2.45) is 5.73 Å². The van der Waals surface area contributed by atoms with Gasteiger partial charge in [-0.3, -0.25) is 9.78 Å². The summed E-state index contributed by atoms with van der Waals surface area (Å²) in [5.41, 5.74) is 4.05. The first kappa shape index (κ1) is 8.58. The van der Waals surface area contributed by atoms with Gasteiger partial charge in [-0.25, -0.2) is 8.78 Å². The molecule has 1 amide bonds. The topological polar surface area (TPSA) is 56.0 Å². The van der Waals surface area contributed by atoms with E-state index in [0.717, 1.165) is 0 Å². The van der Waals surface area contributed by atoms with Crippen LogP contribution in [0.3, 0.4) is 0 Å². The second-order valence-electron chi connectivity index (χ2n) is 2.10. The Morgan fingerprint density at radius 2 is 2.25 bits per heavy atom. The number of nitrogens with two attached hydrogens (primary N) is 1. The van der Waals surface area contributed by atoms with Crippen molar-refractivity contribution in [3.8, 4) is 0 Å². The van der Waals surface area contributed by atoms with Crippen LogP contribution in [0.4, 0.5) is 8.78 Å². The van der Waals surface area contributed by atoms with E-state index in [0.29, 0.717) is 0 Å². The number of hydrogen-bond acceptors (Lipinski definition) is 2. The molecule has 0 radical (unpaired) electrons. The second-order valence-corrected chi connectivity index (χ2v) is 2.10. The zero-order chi connectivity index (χ0) is 9.14. The third kappa shape index (κ3) is 1.55. The Labute approximate surface area is 67.2 Å². The predicted molar refractivity (Wildman–Crippen MR) is 37.7 cm³/mol. The zero-order valence-electron chi connectivity index (χ0n) is 6.00. The lowest BCUT2D eigenvalue weighted by molar-refractivity contribution is 0.0983. The predicted octanol–water partition coefficient (Wildman–Crippen LogP) is 1.12. The normalized spacial score (nSPS) is 10.2. The largest absolute Gasteiger partial charge is 0.366 e. The Morgan fingerprint density at radius 3 is 2.67 bits per heavy atom. The van der Waals surface area contributed by atoms with Crippen molar-refractivity contribution in [1.29, 1.82) is 0 Å². The van der Waals surface area contributed by atoms with E-state index in [9.17, 15) is 13.6 Å². The number of aromatic nitrogens is 1. The molecular formula is C7H6F2N2O. The van der Waals surface area contributed by atoms with Gasteiger partial charge in [0.1, 0.15) is 5.69 Å². The molecule has 0 aliphatic carbocycles. The summed E-state index contributed by atoms with van der Waals surface area (Å²) in [5, 5.41) is 0. The maximum atomic E-state index is 12.1. The minimum atomic E-state index is -2.77. The average Bonchev–Trinajstić information content (AvgIpc) is 2.04. The van der Waals surface area contributed by atoms with Crippen molar-refractivity contribution in [2.75, 3.05) is 0 Å². The molecule has 0 unspecified atom stereocenters. The van der Waals surface area contributed by atoms with Crippen LogP contribution in [-0.4, -0.2) is 10.9 Å². The van der Waals surface area contributed by atoms with Gasteiger partial charge in [0.05, 0.1) is 5.56 Å². The smallest absolute Gasteiger partial charge is 0.281 e. The summed E-state index contributed by atoms with van der Waals surface area (Å²) in [4.78, 5) is 13.9. The first-order valence-electron chi connectivity index (χ1n) is 3.16. The molecule has 5 heteroatoms. The van der Waals surface area contributed by atoms with E-state index in [1.165, 1.54) is 18.3 Å². The summed E-state index contributed by atoms with van der Waals surface area (Å²) in [5.74, 6) is -0.890. The van der Waals surface area contributed by atoms with Crippen LogP contribution in [-0.2, 0) is 0 Å². The zero-order valence-corrected chi connectivity index (χ0v) is 6.00. The number of pyridine rings is 1. The van der Waals surface area contributed by atoms with Crippen molar-refractivity contribution in [1.82, 2.24) is 4.98 Å². The summed E-state index contributed by atoms with van der Waals surface area (Å²) in [6.45, 7) is 0. The van der Waals surface area contributed by atoms with Crippen molar-refractivity contribution in [3.05, 3.63) is 29.6 Å². The minimum Gasteiger partial charge on any atom is -0.366 e. The van der Waals surface area contributed by atoms with E-state index in [2.05, 4.69) is 4.98 Å². The molecule has 64 valence electrons. The van der Waals surface area contributed by atoms with Gasteiger partial charge in [0.25, 0.3) is 12.3 Å². The van der Waals surface area contributed by atoms with Crippen LogP contribution >= 0.6 is 0 Å². The van der Waals surface area contributed by atoms with Gasteiger partial charge in [-0.15, -0.1) is 0 Å². The molecule has 2 N–H and O–H groups in total. The summed E-state index contributed by atoms with van der Waals surface area (Å²) in [6, 6.07) is 2.60. The fraction of sp³-hybridized carbons (Fsp3) is 0.143. The van der Waals surface area contributed by atoms with Crippen LogP contribution in [0.2, 0.25) is 0 Å². The summed E-state index contributed by atoms with van der Waals surface area (Å²) in [7, 11) is 0. The Bertz CT molecular complexity index is 301. The van der Waals surface area contributed by atoms with Gasteiger partial charge >= 0.3 is 0 Å². The van der Waals surface area contributed by atoms with Gasteiger partial charge in [-0.05, 0) is 12.1 Å². The third-order valence-corrected chi connectivity index (χ3v) is 1.31. The molecule has 0 saturated carbocycles. The lowest BCUT2D eigenvalue weighted by Crippen LogP contribution is -2.14. The molecule has 1 heterocycles. The summed E-state index contributed by atoms with van der Waals surface area (Å²) >= 11 is 0. The lowest BCUT2D eigenvalue weighted by Gasteiger charge is -2.02. The number of rotatable bonds is 2. The second kappa shape index (κ2) is 3.25. The highest BCUT2D eigenvalue weighted by molar-refractivity contribution is 5.93. The number of carbonyl (C=O) groups excluding carboxylic acids is 1. The van der Waals surface area contributed by atoms with Crippen LogP contribution in [0.25, 0.3) is 0 Å². The number of amides is 1. The number of primary amides is 1. The molecule has 0 atom stereocenters. The fourth-order valence-electron chi connectivity index (χ4n) is 0.800. The Kier molecular flexibility index (Phi) is 2.32. The van der Waals surface area contributed by atoms with Crippen LogP contribution in [0.5, 0.6) is 0 Å². The molecule has 0 aromatic carbocycles. The Morgan fingerprint density at radius 1 is 1.58 bits per heavy atom.